The number of rotatable bonds is 5. The number of aromatic nitrogens is 1. The number of hydrogen-bond donors (Lipinski definition) is 0. The van der Waals surface area contributed by atoms with Gasteiger partial charge in [-0.3, -0.25) is 4.79 Å². The zero-order chi connectivity index (χ0) is 11.3. The van der Waals surface area contributed by atoms with Crippen LogP contribution in [0.1, 0.15) is 13.8 Å². The summed E-state index contributed by atoms with van der Waals surface area (Å²) in [6, 6.07) is 3.13. The van der Waals surface area contributed by atoms with Gasteiger partial charge in [-0.1, -0.05) is 25.4 Å². The van der Waals surface area contributed by atoms with Gasteiger partial charge in [0, 0.05) is 25.4 Å². The molecule has 0 aliphatic rings. The quantitative estimate of drug-likeness (QED) is 0.769. The Bertz CT molecular complexity index is 358. The Kier molecular flexibility index (Phi) is 4.85. The molecule has 1 heterocycles. The number of likely N-dealkylation sites (N-methyl/N-ethyl adjacent to an activating group) is 1. The molecule has 0 saturated carbocycles. The van der Waals surface area contributed by atoms with Crippen molar-refractivity contribution >= 4 is 11.6 Å². The van der Waals surface area contributed by atoms with Crippen LogP contribution in [0, 0.1) is 0 Å². The second kappa shape index (κ2) is 5.93. The standard InChI is InChI=1S/C11H17ClN2O/c1-3-13(4-2)7-8-14-9-10(12)5-6-11(14)15/h5-6,9H,3-4,7-8H2,1-2H3. The van der Waals surface area contributed by atoms with E-state index in [1.165, 1.54) is 6.07 Å². The van der Waals surface area contributed by atoms with E-state index in [2.05, 4.69) is 18.7 Å². The van der Waals surface area contributed by atoms with Crippen molar-refractivity contribution in [3.63, 3.8) is 0 Å². The highest BCUT2D eigenvalue weighted by molar-refractivity contribution is 6.30. The van der Waals surface area contributed by atoms with E-state index in [4.69, 9.17) is 11.6 Å². The minimum Gasteiger partial charge on any atom is -0.313 e. The Morgan fingerprint density at radius 2 is 2.00 bits per heavy atom. The summed E-state index contributed by atoms with van der Waals surface area (Å²) >= 11 is 5.83. The van der Waals surface area contributed by atoms with Crippen LogP contribution in [-0.2, 0) is 6.54 Å². The van der Waals surface area contributed by atoms with Crippen LogP contribution in [-0.4, -0.2) is 29.1 Å². The zero-order valence-corrected chi connectivity index (χ0v) is 10.00. The van der Waals surface area contributed by atoms with Crippen molar-refractivity contribution in [3.05, 3.63) is 33.7 Å². The third-order valence-corrected chi connectivity index (χ3v) is 2.72. The van der Waals surface area contributed by atoms with Crippen molar-refractivity contribution < 1.29 is 0 Å². The highest BCUT2D eigenvalue weighted by atomic mass is 35.5. The Labute approximate surface area is 95.3 Å². The summed E-state index contributed by atoms with van der Waals surface area (Å²) in [6.45, 7) is 7.82. The van der Waals surface area contributed by atoms with Gasteiger partial charge in [-0.15, -0.1) is 0 Å². The van der Waals surface area contributed by atoms with Crippen molar-refractivity contribution in [2.24, 2.45) is 0 Å². The molecule has 0 N–H and O–H groups in total. The van der Waals surface area contributed by atoms with Crippen molar-refractivity contribution in [2.45, 2.75) is 20.4 Å². The third kappa shape index (κ3) is 3.68. The molecular formula is C11H17ClN2O. The summed E-state index contributed by atoms with van der Waals surface area (Å²) in [5.41, 5.74) is 0.00607. The molecule has 0 unspecified atom stereocenters. The summed E-state index contributed by atoms with van der Waals surface area (Å²) in [7, 11) is 0. The van der Waals surface area contributed by atoms with E-state index >= 15 is 0 Å². The predicted molar refractivity (Wildman–Crippen MR) is 63.5 cm³/mol. The maximum Gasteiger partial charge on any atom is 0.250 e. The van der Waals surface area contributed by atoms with Crippen LogP contribution in [0.25, 0.3) is 0 Å². The average Bonchev–Trinajstić information content (AvgIpc) is 2.24. The van der Waals surface area contributed by atoms with Gasteiger partial charge in [0.15, 0.2) is 0 Å². The SMILES string of the molecule is CCN(CC)CCn1cc(Cl)ccc1=O. The molecule has 0 radical (unpaired) electrons. The molecule has 0 bridgehead atoms. The summed E-state index contributed by atoms with van der Waals surface area (Å²) in [5.74, 6) is 0. The molecule has 1 aromatic heterocycles. The molecule has 3 nitrogen and oxygen atoms in total. The fourth-order valence-corrected chi connectivity index (χ4v) is 1.65. The van der Waals surface area contributed by atoms with Crippen LogP contribution in [0.2, 0.25) is 5.02 Å². The molecule has 84 valence electrons. The third-order valence-electron chi connectivity index (χ3n) is 2.50. The molecule has 1 rings (SSSR count). The average molecular weight is 229 g/mol. The van der Waals surface area contributed by atoms with Gasteiger partial charge in [0.05, 0.1) is 5.02 Å². The molecule has 0 saturated heterocycles. The first-order valence-corrected chi connectivity index (χ1v) is 5.63. The van der Waals surface area contributed by atoms with E-state index < -0.39 is 0 Å². The van der Waals surface area contributed by atoms with E-state index in [1.807, 2.05) is 0 Å². The van der Waals surface area contributed by atoms with E-state index in [-0.39, 0.29) is 5.56 Å². The summed E-state index contributed by atoms with van der Waals surface area (Å²) < 4.78 is 1.65. The summed E-state index contributed by atoms with van der Waals surface area (Å²) in [6.07, 6.45) is 1.69. The van der Waals surface area contributed by atoms with E-state index in [1.54, 1.807) is 16.8 Å². The van der Waals surface area contributed by atoms with Gasteiger partial charge in [-0.05, 0) is 19.2 Å². The van der Waals surface area contributed by atoms with Crippen LogP contribution in [0.15, 0.2) is 23.1 Å². The Hall–Kier alpha value is -0.800. The van der Waals surface area contributed by atoms with E-state index in [0.29, 0.717) is 11.6 Å². The highest BCUT2D eigenvalue weighted by Crippen LogP contribution is 2.03. The molecule has 0 aliphatic carbocycles. The molecule has 4 heteroatoms. The first-order valence-electron chi connectivity index (χ1n) is 5.25. The molecule has 0 atom stereocenters. The lowest BCUT2D eigenvalue weighted by Gasteiger charge is -2.18. The monoisotopic (exact) mass is 228 g/mol. The van der Waals surface area contributed by atoms with Gasteiger partial charge in [0.2, 0.25) is 0 Å². The predicted octanol–water partition coefficient (Wildman–Crippen LogP) is 1.84. The summed E-state index contributed by atoms with van der Waals surface area (Å²) in [5, 5.41) is 0.606. The van der Waals surface area contributed by atoms with E-state index in [9.17, 15) is 4.79 Å². The van der Waals surface area contributed by atoms with Crippen LogP contribution in [0.3, 0.4) is 0 Å². The minimum atomic E-state index is 0.00607. The normalized spacial score (nSPS) is 10.9. The molecule has 15 heavy (non-hydrogen) atoms. The van der Waals surface area contributed by atoms with Gasteiger partial charge in [-0.2, -0.15) is 0 Å². The van der Waals surface area contributed by atoms with Crippen LogP contribution >= 0.6 is 11.6 Å². The van der Waals surface area contributed by atoms with Crippen molar-refractivity contribution in [1.29, 1.82) is 0 Å². The first kappa shape index (κ1) is 12.3. The molecule has 0 amide bonds. The molecule has 0 aliphatic heterocycles. The lowest BCUT2D eigenvalue weighted by atomic mass is 10.4. The smallest absolute Gasteiger partial charge is 0.250 e. The molecule has 0 fully saturated rings. The number of hydrogen-bond acceptors (Lipinski definition) is 2. The van der Waals surface area contributed by atoms with E-state index in [0.717, 1.165) is 19.6 Å². The van der Waals surface area contributed by atoms with Gasteiger partial charge < -0.3 is 9.47 Å². The summed E-state index contributed by atoms with van der Waals surface area (Å²) in [4.78, 5) is 13.7. The zero-order valence-electron chi connectivity index (χ0n) is 9.24. The lowest BCUT2D eigenvalue weighted by Crippen LogP contribution is -2.30. The minimum absolute atomic E-state index is 0.00607. The Morgan fingerprint density at radius 1 is 1.33 bits per heavy atom. The van der Waals surface area contributed by atoms with Gasteiger partial charge in [0.1, 0.15) is 0 Å². The lowest BCUT2D eigenvalue weighted by molar-refractivity contribution is 0.289. The van der Waals surface area contributed by atoms with Crippen LogP contribution in [0.5, 0.6) is 0 Å². The number of pyridine rings is 1. The Morgan fingerprint density at radius 3 is 2.60 bits per heavy atom. The first-order chi connectivity index (χ1) is 7.17. The second-order valence-corrected chi connectivity index (χ2v) is 3.84. The van der Waals surface area contributed by atoms with Crippen molar-refractivity contribution in [3.8, 4) is 0 Å². The number of halogens is 1. The molecule has 0 spiro atoms. The van der Waals surface area contributed by atoms with Crippen LogP contribution < -0.4 is 5.56 Å². The van der Waals surface area contributed by atoms with Crippen LogP contribution in [0.4, 0.5) is 0 Å². The Balaban J connectivity index is 2.64. The van der Waals surface area contributed by atoms with Gasteiger partial charge in [0.25, 0.3) is 5.56 Å². The van der Waals surface area contributed by atoms with Crippen molar-refractivity contribution in [2.75, 3.05) is 19.6 Å². The molecular weight excluding hydrogens is 212 g/mol. The fourth-order valence-electron chi connectivity index (χ4n) is 1.47. The maximum atomic E-state index is 11.4. The fraction of sp³-hybridized carbons (Fsp3) is 0.545. The number of nitrogens with zero attached hydrogens (tertiary/aromatic N) is 2. The van der Waals surface area contributed by atoms with Crippen molar-refractivity contribution in [1.82, 2.24) is 9.47 Å². The highest BCUT2D eigenvalue weighted by Gasteiger charge is 2.01. The maximum absolute atomic E-state index is 11.4. The topological polar surface area (TPSA) is 25.2 Å². The molecule has 1 aromatic rings. The second-order valence-electron chi connectivity index (χ2n) is 3.41. The van der Waals surface area contributed by atoms with Gasteiger partial charge in [-0.25, -0.2) is 0 Å². The molecule has 0 aromatic carbocycles. The largest absolute Gasteiger partial charge is 0.313 e. The van der Waals surface area contributed by atoms with Gasteiger partial charge >= 0.3 is 0 Å².